The van der Waals surface area contributed by atoms with E-state index in [1.165, 1.54) is 0 Å². The highest BCUT2D eigenvalue weighted by atomic mass is 15.2. The zero-order valence-electron chi connectivity index (χ0n) is 13.5. The molecule has 0 aliphatic heterocycles. The minimum atomic E-state index is 0.623. The lowest BCUT2D eigenvalue weighted by Crippen LogP contribution is -1.76. The second-order valence-corrected chi connectivity index (χ2v) is 5.74. The van der Waals surface area contributed by atoms with E-state index in [9.17, 15) is 0 Å². The number of hydrogen-bond donors (Lipinski definition) is 2. The first-order valence-corrected chi connectivity index (χ1v) is 7.99. The van der Waals surface area contributed by atoms with Crippen LogP contribution in [0.25, 0.3) is 44.7 Å². The first-order chi connectivity index (χ1) is 12.8. The van der Waals surface area contributed by atoms with Crippen molar-refractivity contribution in [2.45, 2.75) is 0 Å². The summed E-state index contributed by atoms with van der Waals surface area (Å²) in [7, 11) is 0. The normalized spacial score (nSPS) is 11.1. The van der Waals surface area contributed by atoms with Gasteiger partial charge >= 0.3 is 0 Å². The van der Waals surface area contributed by atoms with Gasteiger partial charge in [0.25, 0.3) is 0 Å². The minimum Gasteiger partial charge on any atom is -0.322 e. The van der Waals surface area contributed by atoms with Crippen molar-refractivity contribution in [1.29, 1.82) is 0 Å². The van der Waals surface area contributed by atoms with Crippen LogP contribution in [0.3, 0.4) is 0 Å². The molecule has 5 aromatic rings. The van der Waals surface area contributed by atoms with Gasteiger partial charge in [0.15, 0.2) is 22.6 Å². The maximum absolute atomic E-state index is 4.57. The molecule has 0 saturated heterocycles. The summed E-state index contributed by atoms with van der Waals surface area (Å²) in [5.41, 5.74) is 5.55. The van der Waals surface area contributed by atoms with Gasteiger partial charge in [-0.25, -0.2) is 9.97 Å². The van der Waals surface area contributed by atoms with Gasteiger partial charge in [-0.2, -0.15) is 0 Å². The molecule has 0 saturated carbocycles. The van der Waals surface area contributed by atoms with Crippen LogP contribution in [0, 0.1) is 0 Å². The van der Waals surface area contributed by atoms with Gasteiger partial charge in [-0.15, -0.1) is 20.4 Å². The second kappa shape index (κ2) is 5.85. The number of nitrogens with one attached hydrogen (secondary N) is 2. The van der Waals surface area contributed by atoms with Crippen LogP contribution in [-0.2, 0) is 0 Å². The minimum absolute atomic E-state index is 0.623. The molecule has 8 nitrogen and oxygen atoms in total. The third-order valence-corrected chi connectivity index (χ3v) is 3.77. The standard InChI is InChI=1S/C18H12N8/c1-3-11-7-15-21-17(25-23-15)9-13-5-2-6-14(20-13)10-18-22-16(24-26-18)8-12(4-1)19-11/h1-10,21-22H. The van der Waals surface area contributed by atoms with Crippen LogP contribution < -0.4 is 0 Å². The largest absolute Gasteiger partial charge is 0.322 e. The fourth-order valence-electron chi connectivity index (χ4n) is 2.66. The molecule has 0 amide bonds. The molecular weight excluding hydrogens is 328 g/mol. The van der Waals surface area contributed by atoms with E-state index in [1.807, 2.05) is 60.7 Å². The molecule has 0 spiro atoms. The highest BCUT2D eigenvalue weighted by molar-refractivity contribution is 5.66. The number of rotatable bonds is 0. The quantitative estimate of drug-likeness (QED) is 0.448. The number of nitrogens with zero attached hydrogens (tertiary/aromatic N) is 6. The lowest BCUT2D eigenvalue weighted by Gasteiger charge is -1.89. The summed E-state index contributed by atoms with van der Waals surface area (Å²) in [4.78, 5) is 15.4. The van der Waals surface area contributed by atoms with Gasteiger partial charge in [0.05, 0.1) is 22.1 Å². The summed E-state index contributed by atoms with van der Waals surface area (Å²) in [5, 5.41) is 16.6. The molecule has 0 aliphatic carbocycles. The van der Waals surface area contributed by atoms with Gasteiger partial charge in [0.2, 0.25) is 0 Å². The predicted octanol–water partition coefficient (Wildman–Crippen LogP) is 3.01. The Morgan fingerprint density at radius 1 is 0.462 bits per heavy atom. The topological polar surface area (TPSA) is 109 Å². The highest BCUT2D eigenvalue weighted by Crippen LogP contribution is 2.08. The number of pyridine rings is 2. The molecule has 5 rings (SSSR count). The van der Waals surface area contributed by atoms with Crippen molar-refractivity contribution < 1.29 is 0 Å². The number of aromatic amines is 2. The molecule has 5 heterocycles. The van der Waals surface area contributed by atoms with Crippen molar-refractivity contribution in [2.75, 3.05) is 0 Å². The Kier molecular flexibility index (Phi) is 3.24. The van der Waals surface area contributed by atoms with Gasteiger partial charge in [-0.1, -0.05) is 12.1 Å². The molecule has 124 valence electrons. The molecule has 5 aromatic heterocycles. The second-order valence-electron chi connectivity index (χ2n) is 5.74. The molecular formula is C18H12N8. The van der Waals surface area contributed by atoms with E-state index in [0.29, 0.717) is 22.6 Å². The summed E-state index contributed by atoms with van der Waals surface area (Å²) >= 11 is 0. The van der Waals surface area contributed by atoms with Crippen LogP contribution in [0.1, 0.15) is 0 Å². The Balaban J connectivity index is 1.91. The number of H-pyrrole nitrogens is 2. The summed E-state index contributed by atoms with van der Waals surface area (Å²) < 4.78 is 0. The average Bonchev–Trinajstić information content (AvgIpc) is 3.24. The first-order valence-electron chi connectivity index (χ1n) is 7.99. The van der Waals surface area contributed by atoms with E-state index in [-0.39, 0.29) is 0 Å². The Hall–Kier alpha value is -3.94. The van der Waals surface area contributed by atoms with Crippen LogP contribution in [-0.4, -0.2) is 40.3 Å². The van der Waals surface area contributed by atoms with Crippen molar-refractivity contribution in [3.63, 3.8) is 0 Å². The number of aromatic nitrogens is 8. The molecule has 8 heteroatoms. The van der Waals surface area contributed by atoms with E-state index in [4.69, 9.17) is 0 Å². The van der Waals surface area contributed by atoms with Gasteiger partial charge < -0.3 is 9.97 Å². The smallest absolute Gasteiger partial charge is 0.156 e. The van der Waals surface area contributed by atoms with Crippen molar-refractivity contribution in [3.05, 3.63) is 60.7 Å². The Labute approximate surface area is 146 Å². The van der Waals surface area contributed by atoms with Crippen molar-refractivity contribution in [3.8, 4) is 0 Å². The van der Waals surface area contributed by atoms with Crippen LogP contribution in [0.5, 0.6) is 0 Å². The van der Waals surface area contributed by atoms with Crippen LogP contribution in [0.15, 0.2) is 60.7 Å². The molecule has 0 aromatic carbocycles. The Morgan fingerprint density at radius 2 is 0.769 bits per heavy atom. The fraction of sp³-hybridized carbons (Fsp3) is 0. The SMILES string of the molecule is c1cc2cc3nnc(cc4cccc(cc5nnc(cc(c1)n2)[nH]5)n4)[nH]3. The molecule has 2 N–H and O–H groups in total. The fourth-order valence-corrected chi connectivity index (χ4v) is 2.66. The maximum Gasteiger partial charge on any atom is 0.156 e. The molecule has 0 unspecified atom stereocenters. The van der Waals surface area contributed by atoms with E-state index in [0.717, 1.165) is 22.1 Å². The van der Waals surface area contributed by atoms with E-state index < -0.39 is 0 Å². The van der Waals surface area contributed by atoms with Gasteiger partial charge in [-0.3, -0.25) is 0 Å². The van der Waals surface area contributed by atoms with E-state index in [2.05, 4.69) is 40.3 Å². The molecule has 0 fully saturated rings. The maximum atomic E-state index is 4.57. The number of fused-ring (bicyclic) bond motifs is 8. The van der Waals surface area contributed by atoms with Gasteiger partial charge in [0.1, 0.15) is 0 Å². The number of hydrogen-bond acceptors (Lipinski definition) is 6. The Morgan fingerprint density at radius 3 is 1.08 bits per heavy atom. The molecule has 0 radical (unpaired) electrons. The Bertz CT molecular complexity index is 1150. The van der Waals surface area contributed by atoms with Crippen LogP contribution >= 0.6 is 0 Å². The summed E-state index contributed by atoms with van der Waals surface area (Å²) in [6.45, 7) is 0. The molecule has 8 bridgehead atoms. The summed E-state index contributed by atoms with van der Waals surface area (Å²) in [6, 6.07) is 18.8. The zero-order valence-corrected chi connectivity index (χ0v) is 13.5. The highest BCUT2D eigenvalue weighted by Gasteiger charge is 1.95. The van der Waals surface area contributed by atoms with Crippen LogP contribution in [0.2, 0.25) is 0 Å². The monoisotopic (exact) mass is 340 g/mol. The predicted molar refractivity (Wildman–Crippen MR) is 98.4 cm³/mol. The molecule has 0 aliphatic rings. The van der Waals surface area contributed by atoms with Crippen molar-refractivity contribution in [2.24, 2.45) is 0 Å². The molecule has 0 atom stereocenters. The van der Waals surface area contributed by atoms with Crippen molar-refractivity contribution >= 4 is 44.7 Å². The summed E-state index contributed by atoms with van der Waals surface area (Å²) in [6.07, 6.45) is 0. The third kappa shape index (κ3) is 2.91. The van der Waals surface area contributed by atoms with Crippen molar-refractivity contribution in [1.82, 2.24) is 40.3 Å². The molecule has 26 heavy (non-hydrogen) atoms. The first kappa shape index (κ1) is 14.4. The lowest BCUT2D eigenvalue weighted by atomic mass is 10.3. The van der Waals surface area contributed by atoms with E-state index in [1.54, 1.807) is 0 Å². The third-order valence-electron chi connectivity index (χ3n) is 3.77. The van der Waals surface area contributed by atoms with Crippen LogP contribution in [0.4, 0.5) is 0 Å². The zero-order chi connectivity index (χ0) is 17.3. The van der Waals surface area contributed by atoms with E-state index >= 15 is 0 Å². The van der Waals surface area contributed by atoms with Gasteiger partial charge in [-0.05, 0) is 24.3 Å². The van der Waals surface area contributed by atoms with Gasteiger partial charge in [0, 0.05) is 24.3 Å². The average molecular weight is 340 g/mol. The summed E-state index contributed by atoms with van der Waals surface area (Å²) in [5.74, 6) is 0. The lowest BCUT2D eigenvalue weighted by molar-refractivity contribution is 1.15.